The fourth-order valence-electron chi connectivity index (χ4n) is 3.42. The summed E-state index contributed by atoms with van der Waals surface area (Å²) >= 11 is 0. The molecule has 118 valence electrons. The Labute approximate surface area is 133 Å². The Bertz CT molecular complexity index is 747. The minimum Gasteiger partial charge on any atom is -0.356 e. The molecule has 0 radical (unpaired) electrons. The second-order valence-electron chi connectivity index (χ2n) is 6.16. The number of hydrogen-bond acceptors (Lipinski definition) is 4. The van der Waals surface area contributed by atoms with Gasteiger partial charge >= 0.3 is 6.03 Å². The fraction of sp³-hybridized carbons (Fsp3) is 0.353. The van der Waals surface area contributed by atoms with Gasteiger partial charge in [-0.15, -0.1) is 0 Å². The van der Waals surface area contributed by atoms with E-state index in [0.29, 0.717) is 11.5 Å². The average molecular weight is 311 g/mol. The number of aromatic nitrogens is 1. The minimum absolute atomic E-state index is 0.135. The molecule has 2 fully saturated rings. The first-order valence-corrected chi connectivity index (χ1v) is 7.83. The minimum atomic E-state index is -0.678. The SMILES string of the molecule is O=C1NC2(CCCC2)C(=O)N1Cc1cc(-c2ccccc2)on1. The molecule has 1 saturated heterocycles. The molecule has 1 aromatic heterocycles. The Hall–Kier alpha value is -2.63. The standard InChI is InChI=1S/C17H17N3O3/c21-15-17(8-4-5-9-17)18-16(22)20(15)11-13-10-14(23-19-13)12-6-2-1-3-7-12/h1-3,6-7,10H,4-5,8-9,11H2,(H,18,22). The van der Waals surface area contributed by atoms with Crippen LogP contribution in [0.5, 0.6) is 0 Å². The highest BCUT2D eigenvalue weighted by Gasteiger charge is 2.52. The zero-order valence-electron chi connectivity index (χ0n) is 12.6. The Morgan fingerprint density at radius 1 is 1.17 bits per heavy atom. The molecule has 23 heavy (non-hydrogen) atoms. The molecule has 0 bridgehead atoms. The van der Waals surface area contributed by atoms with Gasteiger partial charge in [0.15, 0.2) is 5.76 Å². The molecule has 3 amide bonds. The quantitative estimate of drug-likeness (QED) is 0.884. The Morgan fingerprint density at radius 3 is 2.65 bits per heavy atom. The largest absolute Gasteiger partial charge is 0.356 e. The summed E-state index contributed by atoms with van der Waals surface area (Å²) in [5.74, 6) is 0.493. The lowest BCUT2D eigenvalue weighted by molar-refractivity contribution is -0.131. The van der Waals surface area contributed by atoms with E-state index < -0.39 is 5.54 Å². The smallest absolute Gasteiger partial charge is 0.325 e. The monoisotopic (exact) mass is 311 g/mol. The van der Waals surface area contributed by atoms with Crippen LogP contribution >= 0.6 is 0 Å². The van der Waals surface area contributed by atoms with Gasteiger partial charge < -0.3 is 9.84 Å². The third-order valence-corrected chi connectivity index (χ3v) is 4.64. The van der Waals surface area contributed by atoms with Crippen molar-refractivity contribution in [1.82, 2.24) is 15.4 Å². The van der Waals surface area contributed by atoms with E-state index in [9.17, 15) is 9.59 Å². The van der Waals surface area contributed by atoms with Crippen molar-refractivity contribution in [1.29, 1.82) is 0 Å². The van der Waals surface area contributed by atoms with Gasteiger partial charge in [0.25, 0.3) is 5.91 Å². The Balaban J connectivity index is 1.54. The first-order chi connectivity index (χ1) is 11.2. The molecule has 2 aliphatic rings. The van der Waals surface area contributed by atoms with E-state index in [1.807, 2.05) is 30.3 Å². The zero-order chi connectivity index (χ0) is 15.9. The van der Waals surface area contributed by atoms with E-state index in [4.69, 9.17) is 4.52 Å². The molecule has 0 unspecified atom stereocenters. The zero-order valence-corrected chi connectivity index (χ0v) is 12.6. The van der Waals surface area contributed by atoms with Crippen LogP contribution in [0.1, 0.15) is 31.4 Å². The number of carbonyl (C=O) groups is 2. The van der Waals surface area contributed by atoms with Crippen molar-refractivity contribution in [2.75, 3.05) is 0 Å². The number of nitrogens with one attached hydrogen (secondary N) is 1. The number of carbonyl (C=O) groups excluding carboxylic acids is 2. The van der Waals surface area contributed by atoms with E-state index in [-0.39, 0.29) is 18.5 Å². The van der Waals surface area contributed by atoms with Crippen molar-refractivity contribution in [2.45, 2.75) is 37.8 Å². The van der Waals surface area contributed by atoms with E-state index in [1.54, 1.807) is 6.07 Å². The summed E-state index contributed by atoms with van der Waals surface area (Å²) in [6.07, 6.45) is 3.40. The van der Waals surface area contributed by atoms with Crippen molar-refractivity contribution >= 4 is 11.9 Å². The van der Waals surface area contributed by atoms with Gasteiger partial charge in [-0.1, -0.05) is 48.3 Å². The third-order valence-electron chi connectivity index (χ3n) is 4.64. The summed E-state index contributed by atoms with van der Waals surface area (Å²) in [4.78, 5) is 26.0. The van der Waals surface area contributed by atoms with E-state index in [2.05, 4.69) is 10.5 Å². The first-order valence-electron chi connectivity index (χ1n) is 7.83. The molecular formula is C17H17N3O3. The molecule has 6 heteroatoms. The summed E-state index contributed by atoms with van der Waals surface area (Å²) in [5, 5.41) is 6.86. The van der Waals surface area contributed by atoms with Crippen LogP contribution in [-0.2, 0) is 11.3 Å². The van der Waals surface area contributed by atoms with Crippen LogP contribution in [0.25, 0.3) is 11.3 Å². The van der Waals surface area contributed by atoms with Crippen LogP contribution in [0, 0.1) is 0 Å². The van der Waals surface area contributed by atoms with Gasteiger partial charge in [-0.25, -0.2) is 4.79 Å². The topological polar surface area (TPSA) is 75.4 Å². The van der Waals surface area contributed by atoms with Gasteiger partial charge in [-0.05, 0) is 12.8 Å². The highest BCUT2D eigenvalue weighted by atomic mass is 16.5. The van der Waals surface area contributed by atoms with Gasteiger partial charge in [-0.2, -0.15) is 0 Å². The predicted octanol–water partition coefficient (Wildman–Crippen LogP) is 2.71. The molecule has 1 saturated carbocycles. The van der Waals surface area contributed by atoms with Crippen LogP contribution in [0.15, 0.2) is 40.9 Å². The van der Waals surface area contributed by atoms with Crippen molar-refractivity contribution < 1.29 is 14.1 Å². The van der Waals surface area contributed by atoms with Crippen LogP contribution in [0.2, 0.25) is 0 Å². The lowest BCUT2D eigenvalue weighted by atomic mass is 9.98. The number of hydrogen-bond donors (Lipinski definition) is 1. The molecular weight excluding hydrogens is 294 g/mol. The van der Waals surface area contributed by atoms with Gasteiger partial charge in [-0.3, -0.25) is 9.69 Å². The molecule has 1 aliphatic heterocycles. The molecule has 1 aliphatic carbocycles. The molecule has 6 nitrogen and oxygen atoms in total. The molecule has 2 aromatic rings. The molecule has 1 N–H and O–H groups in total. The van der Waals surface area contributed by atoms with Gasteiger partial charge in [0, 0.05) is 11.6 Å². The molecule has 1 aromatic carbocycles. The molecule has 2 heterocycles. The summed E-state index contributed by atoms with van der Waals surface area (Å²) in [5.41, 5.74) is 0.807. The summed E-state index contributed by atoms with van der Waals surface area (Å²) < 4.78 is 5.33. The number of amides is 3. The Kier molecular flexibility index (Phi) is 3.18. The normalized spacial score (nSPS) is 19.6. The maximum Gasteiger partial charge on any atom is 0.325 e. The van der Waals surface area contributed by atoms with Gasteiger partial charge in [0.1, 0.15) is 11.2 Å². The van der Waals surface area contributed by atoms with Gasteiger partial charge in [0.2, 0.25) is 0 Å². The van der Waals surface area contributed by atoms with Crippen LogP contribution in [-0.4, -0.2) is 27.5 Å². The third kappa shape index (κ3) is 2.30. The van der Waals surface area contributed by atoms with Crippen molar-refractivity contribution in [2.24, 2.45) is 0 Å². The van der Waals surface area contributed by atoms with Crippen molar-refractivity contribution in [3.05, 3.63) is 42.1 Å². The first kappa shape index (κ1) is 14.0. The van der Waals surface area contributed by atoms with Crippen molar-refractivity contribution in [3.8, 4) is 11.3 Å². The van der Waals surface area contributed by atoms with E-state index in [0.717, 1.165) is 31.2 Å². The average Bonchev–Trinajstić information content (AvgIpc) is 3.27. The Morgan fingerprint density at radius 2 is 1.91 bits per heavy atom. The highest BCUT2D eigenvalue weighted by Crippen LogP contribution is 2.35. The number of rotatable bonds is 3. The van der Waals surface area contributed by atoms with E-state index in [1.165, 1.54) is 4.90 Å². The fourth-order valence-corrected chi connectivity index (χ4v) is 3.42. The van der Waals surface area contributed by atoms with Gasteiger partial charge in [0.05, 0.1) is 6.54 Å². The van der Waals surface area contributed by atoms with Crippen LogP contribution in [0.4, 0.5) is 4.79 Å². The van der Waals surface area contributed by atoms with Crippen molar-refractivity contribution in [3.63, 3.8) is 0 Å². The summed E-state index contributed by atoms with van der Waals surface area (Å²) in [6.45, 7) is 0.142. The number of urea groups is 1. The maximum atomic E-state index is 12.6. The maximum absolute atomic E-state index is 12.6. The summed E-state index contributed by atoms with van der Waals surface area (Å²) in [6, 6.07) is 11.0. The second-order valence-corrected chi connectivity index (χ2v) is 6.16. The van der Waals surface area contributed by atoms with Crippen LogP contribution < -0.4 is 5.32 Å². The number of benzene rings is 1. The second kappa shape index (κ2) is 5.22. The molecule has 1 spiro atoms. The summed E-state index contributed by atoms with van der Waals surface area (Å²) in [7, 11) is 0. The lowest BCUT2D eigenvalue weighted by Crippen LogP contribution is -2.44. The van der Waals surface area contributed by atoms with E-state index >= 15 is 0 Å². The predicted molar refractivity (Wildman–Crippen MR) is 82.2 cm³/mol. The number of nitrogens with zero attached hydrogens (tertiary/aromatic N) is 2. The highest BCUT2D eigenvalue weighted by molar-refractivity contribution is 6.07. The molecule has 4 rings (SSSR count). The molecule has 0 atom stereocenters. The number of imide groups is 1. The van der Waals surface area contributed by atoms with Crippen LogP contribution in [0.3, 0.4) is 0 Å². The lowest BCUT2D eigenvalue weighted by Gasteiger charge is -2.19.